The fraction of sp³-hybridized carbons (Fsp3) is 0.235. The molecule has 0 spiro atoms. The average molecular weight is 359 g/mol. The zero-order valence-electron chi connectivity index (χ0n) is 13.4. The molecule has 0 saturated carbocycles. The summed E-state index contributed by atoms with van der Waals surface area (Å²) in [6, 6.07) is 9.98. The van der Waals surface area contributed by atoms with Gasteiger partial charge in [-0.15, -0.1) is 11.8 Å². The third-order valence-corrected chi connectivity index (χ3v) is 4.65. The number of aromatic amines is 1. The van der Waals surface area contributed by atoms with Gasteiger partial charge in [0.1, 0.15) is 10.2 Å². The molecule has 0 unspecified atom stereocenters. The van der Waals surface area contributed by atoms with Gasteiger partial charge in [-0.1, -0.05) is 31.3 Å². The second-order valence-corrected chi connectivity index (χ2v) is 6.76. The molecule has 0 radical (unpaired) electrons. The van der Waals surface area contributed by atoms with Gasteiger partial charge in [0.05, 0.1) is 12.3 Å². The quantitative estimate of drug-likeness (QED) is 0.417. The van der Waals surface area contributed by atoms with E-state index < -0.39 is 5.97 Å². The fourth-order valence-corrected chi connectivity index (χ4v) is 3.29. The Balaban J connectivity index is 2.07. The van der Waals surface area contributed by atoms with E-state index in [9.17, 15) is 4.79 Å². The first-order chi connectivity index (χ1) is 11.6. The molecule has 7 heteroatoms. The Morgan fingerprint density at radius 2 is 2.08 bits per heavy atom. The minimum absolute atomic E-state index is 0.313. The topological polar surface area (TPSA) is 59.4 Å². The SMILES string of the molecule is CCOC(=O)c1c[nH]n2c(=S)cc(-c3ccc(SCC)cc3)nc12. The molecule has 0 saturated heterocycles. The summed E-state index contributed by atoms with van der Waals surface area (Å²) in [7, 11) is 0. The lowest BCUT2D eigenvalue weighted by Gasteiger charge is -2.05. The molecule has 0 aliphatic carbocycles. The van der Waals surface area contributed by atoms with Crippen molar-refractivity contribution in [3.8, 4) is 11.3 Å². The second-order valence-electron chi connectivity index (χ2n) is 5.00. The highest BCUT2D eigenvalue weighted by molar-refractivity contribution is 7.99. The Labute approximate surface area is 149 Å². The molecule has 124 valence electrons. The lowest BCUT2D eigenvalue weighted by molar-refractivity contribution is 0.0528. The first kappa shape index (κ1) is 16.7. The maximum absolute atomic E-state index is 12.1. The van der Waals surface area contributed by atoms with Gasteiger partial charge in [-0.3, -0.25) is 5.10 Å². The summed E-state index contributed by atoms with van der Waals surface area (Å²) in [5, 5.41) is 2.95. The summed E-state index contributed by atoms with van der Waals surface area (Å²) in [4.78, 5) is 17.9. The predicted molar refractivity (Wildman–Crippen MR) is 98.2 cm³/mol. The van der Waals surface area contributed by atoms with Crippen LogP contribution >= 0.6 is 24.0 Å². The van der Waals surface area contributed by atoms with Crippen molar-refractivity contribution in [1.82, 2.24) is 14.6 Å². The molecule has 0 aliphatic rings. The number of hydrogen-bond donors (Lipinski definition) is 1. The maximum Gasteiger partial charge on any atom is 0.343 e. The first-order valence-electron chi connectivity index (χ1n) is 7.65. The fourth-order valence-electron chi connectivity index (χ4n) is 2.38. The number of rotatable bonds is 5. The number of thioether (sulfide) groups is 1. The monoisotopic (exact) mass is 359 g/mol. The smallest absolute Gasteiger partial charge is 0.343 e. The van der Waals surface area contributed by atoms with Crippen LogP contribution in [0.4, 0.5) is 0 Å². The maximum atomic E-state index is 12.1. The number of nitrogens with zero attached hydrogens (tertiary/aromatic N) is 2. The third kappa shape index (κ3) is 3.22. The number of benzene rings is 1. The van der Waals surface area contributed by atoms with Gasteiger partial charge in [-0.2, -0.15) is 0 Å². The molecule has 0 amide bonds. The van der Waals surface area contributed by atoms with Crippen LogP contribution in [0.1, 0.15) is 24.2 Å². The van der Waals surface area contributed by atoms with Crippen LogP contribution in [0.15, 0.2) is 41.4 Å². The molecule has 0 aliphatic heterocycles. The van der Waals surface area contributed by atoms with Crippen LogP contribution in [-0.4, -0.2) is 32.9 Å². The molecule has 3 aromatic rings. The van der Waals surface area contributed by atoms with E-state index >= 15 is 0 Å². The third-order valence-electron chi connectivity index (χ3n) is 3.45. The van der Waals surface area contributed by atoms with Crippen LogP contribution < -0.4 is 0 Å². The molecule has 24 heavy (non-hydrogen) atoms. The molecule has 5 nitrogen and oxygen atoms in total. The van der Waals surface area contributed by atoms with Gasteiger partial charge in [-0.05, 0) is 24.8 Å². The summed E-state index contributed by atoms with van der Waals surface area (Å²) in [6.07, 6.45) is 1.57. The van der Waals surface area contributed by atoms with Crippen LogP contribution in [0.25, 0.3) is 16.9 Å². The summed E-state index contributed by atoms with van der Waals surface area (Å²) < 4.78 is 7.23. The van der Waals surface area contributed by atoms with Crippen molar-refractivity contribution in [2.24, 2.45) is 0 Å². The van der Waals surface area contributed by atoms with Gasteiger partial charge >= 0.3 is 5.97 Å². The summed E-state index contributed by atoms with van der Waals surface area (Å²) in [5.41, 5.74) is 2.55. The number of H-pyrrole nitrogens is 1. The summed E-state index contributed by atoms with van der Waals surface area (Å²) >= 11 is 7.20. The highest BCUT2D eigenvalue weighted by Crippen LogP contribution is 2.24. The second kappa shape index (κ2) is 7.19. The minimum atomic E-state index is -0.412. The van der Waals surface area contributed by atoms with Gasteiger partial charge in [0.2, 0.25) is 0 Å². The van der Waals surface area contributed by atoms with E-state index in [-0.39, 0.29) is 0 Å². The van der Waals surface area contributed by atoms with Crippen molar-refractivity contribution in [3.05, 3.63) is 46.7 Å². The number of fused-ring (bicyclic) bond motifs is 1. The lowest BCUT2D eigenvalue weighted by Crippen LogP contribution is -2.05. The van der Waals surface area contributed by atoms with Crippen LogP contribution in [0.3, 0.4) is 0 Å². The average Bonchev–Trinajstić information content (AvgIpc) is 3.01. The summed E-state index contributed by atoms with van der Waals surface area (Å²) in [6.45, 7) is 4.21. The molecule has 3 rings (SSSR count). The van der Waals surface area contributed by atoms with Crippen LogP contribution in [-0.2, 0) is 4.74 Å². The Hall–Kier alpha value is -2.12. The zero-order valence-corrected chi connectivity index (χ0v) is 15.0. The minimum Gasteiger partial charge on any atom is -0.462 e. The molecule has 1 N–H and O–H groups in total. The van der Waals surface area contributed by atoms with Crippen LogP contribution in [0, 0.1) is 4.64 Å². The van der Waals surface area contributed by atoms with Crippen molar-refractivity contribution in [1.29, 1.82) is 0 Å². The van der Waals surface area contributed by atoms with Gasteiger partial charge in [0.15, 0.2) is 5.65 Å². The largest absolute Gasteiger partial charge is 0.462 e. The Bertz CT molecular complexity index is 929. The number of carbonyl (C=O) groups excluding carboxylic acids is 1. The Morgan fingerprint density at radius 3 is 2.75 bits per heavy atom. The van der Waals surface area contributed by atoms with Crippen LogP contribution in [0.2, 0.25) is 0 Å². The predicted octanol–water partition coefficient (Wildman–Crippen LogP) is 4.35. The van der Waals surface area contributed by atoms with Crippen molar-refractivity contribution < 1.29 is 9.53 Å². The summed E-state index contributed by atoms with van der Waals surface area (Å²) in [5.74, 6) is 0.618. The van der Waals surface area contributed by atoms with E-state index in [1.165, 1.54) is 4.90 Å². The molecule has 0 bridgehead atoms. The Morgan fingerprint density at radius 1 is 1.33 bits per heavy atom. The molecule has 0 atom stereocenters. The van der Waals surface area contributed by atoms with Gasteiger partial charge in [0.25, 0.3) is 0 Å². The molecular formula is C17H17N3O2S2. The van der Waals surface area contributed by atoms with Crippen molar-refractivity contribution in [2.75, 3.05) is 12.4 Å². The van der Waals surface area contributed by atoms with E-state index in [0.717, 1.165) is 17.0 Å². The zero-order chi connectivity index (χ0) is 17.1. The van der Waals surface area contributed by atoms with Crippen molar-refractivity contribution in [3.63, 3.8) is 0 Å². The van der Waals surface area contributed by atoms with E-state index in [4.69, 9.17) is 17.0 Å². The molecule has 1 aromatic carbocycles. The van der Waals surface area contributed by atoms with E-state index in [1.807, 2.05) is 18.2 Å². The molecule has 2 heterocycles. The lowest BCUT2D eigenvalue weighted by atomic mass is 10.1. The van der Waals surface area contributed by atoms with Gasteiger partial charge in [-0.25, -0.2) is 14.3 Å². The molecule has 0 fully saturated rings. The number of hydrogen-bond acceptors (Lipinski definition) is 5. The van der Waals surface area contributed by atoms with E-state index in [2.05, 4.69) is 29.1 Å². The molecule has 2 aromatic heterocycles. The van der Waals surface area contributed by atoms with Gasteiger partial charge < -0.3 is 4.74 Å². The number of ether oxygens (including phenoxy) is 1. The van der Waals surface area contributed by atoms with E-state index in [0.29, 0.717) is 22.5 Å². The van der Waals surface area contributed by atoms with E-state index in [1.54, 1.807) is 29.4 Å². The first-order valence-corrected chi connectivity index (χ1v) is 9.05. The van der Waals surface area contributed by atoms with Crippen molar-refractivity contribution >= 4 is 35.6 Å². The number of carbonyl (C=O) groups is 1. The van der Waals surface area contributed by atoms with Crippen molar-refractivity contribution in [2.45, 2.75) is 18.7 Å². The highest BCUT2D eigenvalue weighted by atomic mass is 32.2. The standard InChI is InChI=1S/C17H17N3O2S2/c1-3-22-17(21)13-10-18-20-15(23)9-14(19-16(13)20)11-5-7-12(8-6-11)24-4-2/h5-10,18H,3-4H2,1-2H3. The van der Waals surface area contributed by atoms with Gasteiger partial charge in [0, 0.05) is 22.7 Å². The van der Waals surface area contributed by atoms with Crippen LogP contribution in [0.5, 0.6) is 0 Å². The number of aromatic nitrogens is 3. The number of esters is 1. The number of nitrogens with one attached hydrogen (secondary N) is 1. The molecular weight excluding hydrogens is 342 g/mol. The normalized spacial score (nSPS) is 10.9. The highest BCUT2D eigenvalue weighted by Gasteiger charge is 2.16. The Kier molecular flexibility index (Phi) is 5.01.